The third kappa shape index (κ3) is 1.37. The molecule has 102 valence electrons. The fourth-order valence-electron chi connectivity index (χ4n) is 3.52. The van der Waals surface area contributed by atoms with E-state index < -0.39 is 0 Å². The molecule has 0 aliphatic heterocycles. The second kappa shape index (κ2) is 3.85. The maximum absolute atomic E-state index is 6.13. The Morgan fingerprint density at radius 3 is 2.70 bits per heavy atom. The largest absolute Gasteiger partial charge is 0.383 e. The van der Waals surface area contributed by atoms with Crippen LogP contribution < -0.4 is 11.5 Å². The van der Waals surface area contributed by atoms with Gasteiger partial charge >= 0.3 is 0 Å². The fraction of sp³-hybridized carbons (Fsp3) is 0.333. The summed E-state index contributed by atoms with van der Waals surface area (Å²) in [6, 6.07) is 4.10. The molecule has 0 bridgehead atoms. The highest BCUT2D eigenvalue weighted by Crippen LogP contribution is 2.37. The number of rotatable bonds is 0. The highest BCUT2D eigenvalue weighted by molar-refractivity contribution is 6.12. The van der Waals surface area contributed by atoms with E-state index in [1.165, 1.54) is 35.0 Å². The summed E-state index contributed by atoms with van der Waals surface area (Å²) in [5, 5.41) is 2.17. The molecule has 2 aromatic heterocycles. The van der Waals surface area contributed by atoms with Crippen LogP contribution in [0.5, 0.6) is 0 Å². The molecule has 3 aromatic rings. The van der Waals surface area contributed by atoms with Crippen molar-refractivity contribution in [2.45, 2.75) is 25.7 Å². The van der Waals surface area contributed by atoms with Gasteiger partial charge in [0, 0.05) is 23.6 Å². The minimum absolute atomic E-state index is 0.235. The number of nitrogens with zero attached hydrogens (tertiary/aromatic N) is 3. The van der Waals surface area contributed by atoms with Crippen molar-refractivity contribution >= 4 is 33.6 Å². The number of nitrogen functional groups attached to an aromatic ring is 2. The average Bonchev–Trinajstić information content (AvgIpc) is 2.72. The first-order valence-corrected chi connectivity index (χ1v) is 6.98. The zero-order valence-electron chi connectivity index (χ0n) is 11.5. The second-order valence-corrected chi connectivity index (χ2v) is 5.51. The summed E-state index contributed by atoms with van der Waals surface area (Å²) < 4.78 is 2.29. The van der Waals surface area contributed by atoms with Crippen molar-refractivity contribution in [2.24, 2.45) is 7.05 Å². The molecule has 20 heavy (non-hydrogen) atoms. The summed E-state index contributed by atoms with van der Waals surface area (Å²) in [6.07, 6.45) is 4.74. The summed E-state index contributed by atoms with van der Waals surface area (Å²) >= 11 is 0. The van der Waals surface area contributed by atoms with Gasteiger partial charge in [-0.15, -0.1) is 0 Å². The third-order valence-electron chi connectivity index (χ3n) is 4.39. The van der Waals surface area contributed by atoms with E-state index in [1.807, 2.05) is 6.07 Å². The van der Waals surface area contributed by atoms with Gasteiger partial charge in [-0.05, 0) is 43.4 Å². The number of benzene rings is 1. The Morgan fingerprint density at radius 1 is 1.05 bits per heavy atom. The van der Waals surface area contributed by atoms with Gasteiger partial charge in [0.15, 0.2) is 0 Å². The molecule has 1 aromatic carbocycles. The molecule has 1 aliphatic rings. The molecule has 0 amide bonds. The summed E-state index contributed by atoms with van der Waals surface area (Å²) in [5.41, 5.74) is 16.7. The molecule has 1 aliphatic carbocycles. The number of aromatic nitrogens is 3. The van der Waals surface area contributed by atoms with Crippen LogP contribution in [0.1, 0.15) is 24.1 Å². The lowest BCUT2D eigenvalue weighted by atomic mass is 9.94. The van der Waals surface area contributed by atoms with Crippen molar-refractivity contribution in [3.63, 3.8) is 0 Å². The Balaban J connectivity index is 2.24. The predicted molar refractivity (Wildman–Crippen MR) is 81.5 cm³/mol. The second-order valence-electron chi connectivity index (χ2n) is 5.51. The maximum atomic E-state index is 6.13. The standard InChI is InChI=1S/C15H17N5/c1-20-10-5-3-2-4-8(10)12-11(20)7-6-9-13(12)14(16)19-15(17)18-9/h6-7H,2-5H2,1H3,(H4,16,17,18,19). The van der Waals surface area contributed by atoms with Crippen LogP contribution in [-0.2, 0) is 19.9 Å². The molecule has 2 heterocycles. The van der Waals surface area contributed by atoms with E-state index in [2.05, 4.69) is 27.6 Å². The van der Waals surface area contributed by atoms with Gasteiger partial charge in [0.25, 0.3) is 0 Å². The first kappa shape index (κ1) is 11.5. The Labute approximate surface area is 116 Å². The highest BCUT2D eigenvalue weighted by Gasteiger charge is 2.21. The molecule has 0 unspecified atom stereocenters. The lowest BCUT2D eigenvalue weighted by molar-refractivity contribution is 0.653. The van der Waals surface area contributed by atoms with Gasteiger partial charge in [-0.2, -0.15) is 4.98 Å². The smallest absolute Gasteiger partial charge is 0.222 e. The van der Waals surface area contributed by atoms with Gasteiger partial charge in [0.05, 0.1) is 10.9 Å². The molecule has 4 rings (SSSR count). The number of hydrogen-bond donors (Lipinski definition) is 2. The van der Waals surface area contributed by atoms with Crippen LogP contribution in [0.2, 0.25) is 0 Å². The first-order valence-electron chi connectivity index (χ1n) is 6.98. The van der Waals surface area contributed by atoms with Crippen LogP contribution in [0.15, 0.2) is 12.1 Å². The van der Waals surface area contributed by atoms with Crippen molar-refractivity contribution in [1.29, 1.82) is 0 Å². The number of fused-ring (bicyclic) bond motifs is 5. The summed E-state index contributed by atoms with van der Waals surface area (Å²) in [5.74, 6) is 0.719. The van der Waals surface area contributed by atoms with Crippen molar-refractivity contribution in [1.82, 2.24) is 14.5 Å². The van der Waals surface area contributed by atoms with Gasteiger partial charge in [-0.3, -0.25) is 0 Å². The van der Waals surface area contributed by atoms with Crippen molar-refractivity contribution in [2.75, 3.05) is 11.5 Å². The molecule has 0 fully saturated rings. The van der Waals surface area contributed by atoms with Gasteiger partial charge in [-0.1, -0.05) is 0 Å². The average molecular weight is 267 g/mol. The Kier molecular flexibility index (Phi) is 2.22. The molecular formula is C15H17N5. The van der Waals surface area contributed by atoms with E-state index in [9.17, 15) is 0 Å². The number of nitrogens with two attached hydrogens (primary N) is 2. The van der Waals surface area contributed by atoms with Crippen LogP contribution in [0.4, 0.5) is 11.8 Å². The fourth-order valence-corrected chi connectivity index (χ4v) is 3.52. The first-order chi connectivity index (χ1) is 9.66. The molecule has 5 heteroatoms. The van der Waals surface area contributed by atoms with Crippen LogP contribution >= 0.6 is 0 Å². The molecule has 0 saturated heterocycles. The van der Waals surface area contributed by atoms with E-state index in [0.717, 1.165) is 23.7 Å². The number of anilines is 2. The third-order valence-corrected chi connectivity index (χ3v) is 4.39. The zero-order valence-corrected chi connectivity index (χ0v) is 11.5. The minimum Gasteiger partial charge on any atom is -0.383 e. The Hall–Kier alpha value is -2.30. The van der Waals surface area contributed by atoms with E-state index in [4.69, 9.17) is 11.5 Å². The lowest BCUT2D eigenvalue weighted by Gasteiger charge is -2.13. The molecule has 4 N–H and O–H groups in total. The van der Waals surface area contributed by atoms with Crippen LogP contribution in [0, 0.1) is 0 Å². The van der Waals surface area contributed by atoms with Crippen LogP contribution in [0.25, 0.3) is 21.8 Å². The number of aryl methyl sites for hydroxylation is 2. The summed E-state index contributed by atoms with van der Waals surface area (Å²) in [4.78, 5) is 8.47. The molecule has 5 nitrogen and oxygen atoms in total. The lowest BCUT2D eigenvalue weighted by Crippen LogP contribution is -2.05. The van der Waals surface area contributed by atoms with Gasteiger partial charge in [0.2, 0.25) is 5.95 Å². The van der Waals surface area contributed by atoms with Crippen LogP contribution in [0.3, 0.4) is 0 Å². The quantitative estimate of drug-likeness (QED) is 0.654. The van der Waals surface area contributed by atoms with Gasteiger partial charge < -0.3 is 16.0 Å². The van der Waals surface area contributed by atoms with E-state index in [1.54, 1.807) is 0 Å². The zero-order chi connectivity index (χ0) is 13.9. The Bertz CT molecular complexity index is 847. The molecule has 0 radical (unpaired) electrons. The monoisotopic (exact) mass is 267 g/mol. The van der Waals surface area contributed by atoms with Gasteiger partial charge in [-0.25, -0.2) is 4.98 Å². The van der Waals surface area contributed by atoms with Crippen molar-refractivity contribution in [3.8, 4) is 0 Å². The topological polar surface area (TPSA) is 82.8 Å². The molecule has 0 spiro atoms. The van der Waals surface area contributed by atoms with Crippen molar-refractivity contribution in [3.05, 3.63) is 23.4 Å². The minimum atomic E-state index is 0.235. The van der Waals surface area contributed by atoms with E-state index >= 15 is 0 Å². The van der Waals surface area contributed by atoms with E-state index in [-0.39, 0.29) is 5.95 Å². The van der Waals surface area contributed by atoms with E-state index in [0.29, 0.717) is 5.82 Å². The maximum Gasteiger partial charge on any atom is 0.222 e. The normalized spacial score (nSPS) is 14.8. The summed E-state index contributed by atoms with van der Waals surface area (Å²) in [7, 11) is 2.13. The number of hydrogen-bond acceptors (Lipinski definition) is 4. The predicted octanol–water partition coefficient (Wildman–Crippen LogP) is 2.16. The van der Waals surface area contributed by atoms with Crippen molar-refractivity contribution < 1.29 is 0 Å². The summed E-state index contributed by atoms with van der Waals surface area (Å²) in [6.45, 7) is 0. The molecular weight excluding hydrogens is 250 g/mol. The molecule has 0 atom stereocenters. The Morgan fingerprint density at radius 2 is 1.85 bits per heavy atom. The SMILES string of the molecule is Cn1c2c(c3c4c(N)nc(N)nc4ccc31)CCCC2. The molecule has 0 saturated carbocycles. The highest BCUT2D eigenvalue weighted by atomic mass is 15.0. The van der Waals surface area contributed by atoms with Crippen LogP contribution in [-0.4, -0.2) is 14.5 Å². The van der Waals surface area contributed by atoms with Gasteiger partial charge in [0.1, 0.15) is 5.82 Å².